The number of rotatable bonds is 4. The topological polar surface area (TPSA) is 6.25 Å². The van der Waals surface area contributed by atoms with Gasteiger partial charge < -0.3 is 0 Å². The van der Waals surface area contributed by atoms with Crippen molar-refractivity contribution in [2.24, 2.45) is 0 Å². The highest BCUT2D eigenvalue weighted by atomic mass is 15.3. The molecule has 0 fully saturated rings. The van der Waals surface area contributed by atoms with Crippen LogP contribution in [0.25, 0.3) is 0 Å². The molecule has 0 saturated heterocycles. The summed E-state index contributed by atoms with van der Waals surface area (Å²) in [5.74, 6) is 0. The van der Waals surface area contributed by atoms with Crippen LogP contribution in [0.5, 0.6) is 0 Å². The van der Waals surface area contributed by atoms with Gasteiger partial charge in [0.2, 0.25) is 6.34 Å². The predicted molar refractivity (Wildman–Crippen MR) is 129 cm³/mol. The molecule has 152 valence electrons. The molecular formula is C29H27N2+. The summed E-state index contributed by atoms with van der Waals surface area (Å²) in [5, 5.41) is 0. The molecule has 4 aromatic carbocycles. The van der Waals surface area contributed by atoms with Gasteiger partial charge in [0.05, 0.1) is 0 Å². The first-order valence-electron chi connectivity index (χ1n) is 10.9. The normalized spacial score (nSPS) is 18.1. The van der Waals surface area contributed by atoms with Crippen LogP contribution in [0.3, 0.4) is 0 Å². The number of benzene rings is 4. The summed E-state index contributed by atoms with van der Waals surface area (Å²) >= 11 is 0. The molecule has 4 aromatic rings. The number of anilines is 1. The summed E-state index contributed by atoms with van der Waals surface area (Å²) in [5.41, 5.74) is 7.66. The van der Waals surface area contributed by atoms with Crippen molar-refractivity contribution >= 4 is 17.7 Å². The first kappa shape index (κ1) is 19.3. The minimum absolute atomic E-state index is 0.157. The highest BCUT2D eigenvalue weighted by Gasteiger charge is 2.46. The van der Waals surface area contributed by atoms with Gasteiger partial charge in [0.15, 0.2) is 12.1 Å². The van der Waals surface area contributed by atoms with E-state index in [1.54, 1.807) is 0 Å². The average Bonchev–Trinajstić information content (AvgIpc) is 3.21. The average molecular weight is 404 g/mol. The Balaban J connectivity index is 1.76. The first-order chi connectivity index (χ1) is 15.2. The van der Waals surface area contributed by atoms with Crippen LogP contribution in [0.4, 0.5) is 11.4 Å². The van der Waals surface area contributed by atoms with Crippen LogP contribution >= 0.6 is 0 Å². The van der Waals surface area contributed by atoms with Crippen molar-refractivity contribution in [3.8, 4) is 0 Å². The molecule has 0 saturated carbocycles. The van der Waals surface area contributed by atoms with Crippen LogP contribution < -0.4 is 4.90 Å². The third kappa shape index (κ3) is 3.55. The largest absolute Gasteiger partial charge is 0.245 e. The third-order valence-corrected chi connectivity index (χ3v) is 6.22. The zero-order valence-corrected chi connectivity index (χ0v) is 18.0. The van der Waals surface area contributed by atoms with E-state index in [4.69, 9.17) is 0 Å². The molecule has 5 rings (SSSR count). The van der Waals surface area contributed by atoms with Crippen LogP contribution in [0.2, 0.25) is 0 Å². The Kier molecular flexibility index (Phi) is 5.13. The van der Waals surface area contributed by atoms with Crippen molar-refractivity contribution < 1.29 is 4.58 Å². The minimum atomic E-state index is 0.157. The second kappa shape index (κ2) is 8.23. The molecule has 0 radical (unpaired) electrons. The molecule has 1 aliphatic heterocycles. The van der Waals surface area contributed by atoms with Gasteiger partial charge in [-0.3, -0.25) is 0 Å². The molecule has 0 bridgehead atoms. The molecule has 2 heteroatoms. The second-order valence-electron chi connectivity index (χ2n) is 8.21. The lowest BCUT2D eigenvalue weighted by atomic mass is 9.92. The highest BCUT2D eigenvalue weighted by molar-refractivity contribution is 5.82. The van der Waals surface area contributed by atoms with Crippen LogP contribution in [0, 0.1) is 13.8 Å². The molecule has 1 heterocycles. The predicted octanol–water partition coefficient (Wildman–Crippen LogP) is 6.98. The van der Waals surface area contributed by atoms with Crippen LogP contribution in [-0.2, 0) is 0 Å². The van der Waals surface area contributed by atoms with Crippen molar-refractivity contribution in [2.45, 2.75) is 25.9 Å². The van der Waals surface area contributed by atoms with Gasteiger partial charge in [-0.05, 0) is 37.1 Å². The lowest BCUT2D eigenvalue weighted by Crippen LogP contribution is -2.26. The Labute approximate surface area is 184 Å². The fourth-order valence-electron chi connectivity index (χ4n) is 4.70. The third-order valence-electron chi connectivity index (χ3n) is 6.22. The molecule has 0 aliphatic carbocycles. The van der Waals surface area contributed by atoms with E-state index in [1.165, 1.54) is 33.6 Å². The minimum Gasteiger partial charge on any atom is -0.222 e. The van der Waals surface area contributed by atoms with E-state index in [9.17, 15) is 0 Å². The summed E-state index contributed by atoms with van der Waals surface area (Å²) in [6.45, 7) is 4.39. The van der Waals surface area contributed by atoms with Crippen LogP contribution in [0.15, 0.2) is 109 Å². The summed E-state index contributed by atoms with van der Waals surface area (Å²) in [6, 6.07) is 39.4. The van der Waals surface area contributed by atoms with Gasteiger partial charge in [0.25, 0.3) is 0 Å². The van der Waals surface area contributed by atoms with Crippen molar-refractivity contribution in [1.82, 2.24) is 0 Å². The van der Waals surface area contributed by atoms with E-state index in [-0.39, 0.29) is 12.1 Å². The van der Waals surface area contributed by atoms with Crippen molar-refractivity contribution in [2.75, 3.05) is 4.90 Å². The highest BCUT2D eigenvalue weighted by Crippen LogP contribution is 2.45. The standard InChI is InChI=1S/C29H27N2/c1-22-13-9-11-19-26(22)30-21-31(27-20-12-10-14-23(27)2)29(25-17-7-4-8-18-25)28(30)24-15-5-3-6-16-24/h3-21,28-29H,1-2H3/q+1/t28-,29+. The Morgan fingerprint density at radius 2 is 1.13 bits per heavy atom. The second-order valence-corrected chi connectivity index (χ2v) is 8.21. The van der Waals surface area contributed by atoms with E-state index in [2.05, 4.69) is 139 Å². The van der Waals surface area contributed by atoms with E-state index in [0.29, 0.717) is 0 Å². The molecule has 2 atom stereocenters. The smallest absolute Gasteiger partial charge is 0.222 e. The van der Waals surface area contributed by atoms with Gasteiger partial charge in [0.1, 0.15) is 11.4 Å². The lowest BCUT2D eigenvalue weighted by Gasteiger charge is -2.25. The quantitative estimate of drug-likeness (QED) is 0.333. The van der Waals surface area contributed by atoms with Gasteiger partial charge in [-0.15, -0.1) is 0 Å². The molecule has 0 amide bonds. The van der Waals surface area contributed by atoms with Gasteiger partial charge in [-0.1, -0.05) is 97.1 Å². The molecule has 0 N–H and O–H groups in total. The summed E-state index contributed by atoms with van der Waals surface area (Å²) < 4.78 is 2.45. The summed E-state index contributed by atoms with van der Waals surface area (Å²) in [6.07, 6.45) is 2.31. The Hall–Kier alpha value is -3.65. The Bertz CT molecular complexity index is 1210. The van der Waals surface area contributed by atoms with E-state index < -0.39 is 0 Å². The Morgan fingerprint density at radius 3 is 1.77 bits per heavy atom. The first-order valence-corrected chi connectivity index (χ1v) is 10.9. The maximum Gasteiger partial charge on any atom is 0.245 e. The van der Waals surface area contributed by atoms with Crippen molar-refractivity contribution in [1.29, 1.82) is 0 Å². The van der Waals surface area contributed by atoms with Crippen molar-refractivity contribution in [3.05, 3.63) is 131 Å². The number of hydrogen-bond acceptors (Lipinski definition) is 1. The number of para-hydroxylation sites is 2. The molecule has 31 heavy (non-hydrogen) atoms. The molecular weight excluding hydrogens is 376 g/mol. The number of nitrogens with zero attached hydrogens (tertiary/aromatic N) is 2. The van der Waals surface area contributed by atoms with Gasteiger partial charge in [-0.2, -0.15) is 0 Å². The summed E-state index contributed by atoms with van der Waals surface area (Å²) in [4.78, 5) is 2.45. The summed E-state index contributed by atoms with van der Waals surface area (Å²) in [7, 11) is 0. The maximum absolute atomic E-state index is 2.45. The molecule has 0 spiro atoms. The van der Waals surface area contributed by atoms with Crippen LogP contribution in [0.1, 0.15) is 34.3 Å². The zero-order chi connectivity index (χ0) is 21.2. The molecule has 1 aliphatic rings. The lowest BCUT2D eigenvalue weighted by molar-refractivity contribution is -0.481. The maximum atomic E-state index is 2.45. The van der Waals surface area contributed by atoms with Crippen molar-refractivity contribution in [3.63, 3.8) is 0 Å². The fraction of sp³-hybridized carbons (Fsp3) is 0.138. The monoisotopic (exact) mass is 403 g/mol. The Morgan fingerprint density at radius 1 is 0.581 bits per heavy atom. The van der Waals surface area contributed by atoms with Crippen LogP contribution in [-0.4, -0.2) is 10.9 Å². The van der Waals surface area contributed by atoms with Gasteiger partial charge in [-0.25, -0.2) is 9.48 Å². The zero-order valence-electron chi connectivity index (χ0n) is 18.0. The van der Waals surface area contributed by atoms with Gasteiger partial charge >= 0.3 is 0 Å². The van der Waals surface area contributed by atoms with E-state index in [0.717, 1.165) is 0 Å². The van der Waals surface area contributed by atoms with Gasteiger partial charge in [0, 0.05) is 11.1 Å². The fourth-order valence-corrected chi connectivity index (χ4v) is 4.70. The SMILES string of the molecule is Cc1ccccc1N1C=[N+](c2ccccc2C)[C@@H](c2ccccc2)[C@H]1c1ccccc1. The molecule has 0 unspecified atom stereocenters. The van der Waals surface area contributed by atoms with E-state index in [1.807, 2.05) is 0 Å². The number of aryl methyl sites for hydroxylation is 2. The molecule has 0 aromatic heterocycles. The number of hydrogen-bond donors (Lipinski definition) is 0. The molecule has 2 nitrogen and oxygen atoms in total. The van der Waals surface area contributed by atoms with E-state index >= 15 is 0 Å².